The number of hydrogen-bond donors (Lipinski definition) is 1. The number of alkyl halides is 3. The lowest BCUT2D eigenvalue weighted by Gasteiger charge is -2.26. The maximum atomic E-state index is 13.2. The van der Waals surface area contributed by atoms with Crippen LogP contribution in [0, 0.1) is 0 Å². The summed E-state index contributed by atoms with van der Waals surface area (Å²) in [6, 6.07) is 6.65. The average molecular weight is 422 g/mol. The van der Waals surface area contributed by atoms with Crippen LogP contribution in [0.15, 0.2) is 30.5 Å². The lowest BCUT2D eigenvalue weighted by molar-refractivity contribution is -0.139. The highest BCUT2D eigenvalue weighted by atomic mass is 19.4. The van der Waals surface area contributed by atoms with Crippen LogP contribution in [0.3, 0.4) is 0 Å². The van der Waals surface area contributed by atoms with Gasteiger partial charge in [-0.1, -0.05) is 6.07 Å². The summed E-state index contributed by atoms with van der Waals surface area (Å²) < 4.78 is 47.2. The van der Waals surface area contributed by atoms with Crippen LogP contribution in [-0.2, 0) is 24.9 Å². The molecule has 0 atom stereocenters. The van der Waals surface area contributed by atoms with Crippen molar-refractivity contribution in [3.05, 3.63) is 41.7 Å². The van der Waals surface area contributed by atoms with Crippen LogP contribution in [0.5, 0.6) is 0 Å². The van der Waals surface area contributed by atoms with E-state index in [1.54, 1.807) is 25.2 Å². The quantitative estimate of drug-likeness (QED) is 0.684. The molecule has 2 aromatic heterocycles. The monoisotopic (exact) mass is 422 g/mol. The predicted octanol–water partition coefficient (Wildman–Crippen LogP) is 2.42. The third kappa shape index (κ3) is 4.46. The molecule has 1 aromatic carbocycles. The molecule has 3 aromatic rings. The molecule has 1 amide bonds. The molecule has 1 aliphatic heterocycles. The number of aryl methyl sites for hydroxylation is 1. The number of benzene rings is 1. The second-order valence-electron chi connectivity index (χ2n) is 7.14. The molecule has 1 N–H and O–H groups in total. The van der Waals surface area contributed by atoms with Crippen molar-refractivity contribution >= 4 is 22.9 Å². The predicted molar refractivity (Wildman–Crippen MR) is 103 cm³/mol. The van der Waals surface area contributed by atoms with Crippen molar-refractivity contribution in [3.63, 3.8) is 0 Å². The Bertz CT molecular complexity index is 1050. The fourth-order valence-corrected chi connectivity index (χ4v) is 3.49. The second kappa shape index (κ2) is 8.07. The molecule has 160 valence electrons. The van der Waals surface area contributed by atoms with Gasteiger partial charge in [-0.05, 0) is 23.8 Å². The minimum absolute atomic E-state index is 0.156. The number of carbonyl (C=O) groups is 1. The minimum Gasteiger partial charge on any atom is -0.379 e. The molecule has 4 rings (SSSR count). The molecule has 0 saturated carbocycles. The Morgan fingerprint density at radius 3 is 2.67 bits per heavy atom. The highest BCUT2D eigenvalue weighted by molar-refractivity contribution is 6.02. The van der Waals surface area contributed by atoms with Crippen molar-refractivity contribution in [2.24, 2.45) is 7.05 Å². The number of nitrogens with one attached hydrogen (secondary N) is 1. The average Bonchev–Trinajstić information content (AvgIpc) is 3.25. The van der Waals surface area contributed by atoms with E-state index in [9.17, 15) is 18.0 Å². The zero-order chi connectivity index (χ0) is 21.3. The largest absolute Gasteiger partial charge is 0.406 e. The summed E-state index contributed by atoms with van der Waals surface area (Å²) in [5, 5.41) is 6.40. The summed E-state index contributed by atoms with van der Waals surface area (Å²) >= 11 is 0. The summed E-state index contributed by atoms with van der Waals surface area (Å²) in [6.45, 7) is 2.31. The summed E-state index contributed by atoms with van der Waals surface area (Å²) in [6.07, 6.45) is -3.03. The van der Waals surface area contributed by atoms with Crippen LogP contribution >= 0.6 is 0 Å². The molecule has 0 aliphatic carbocycles. The first-order valence-electron chi connectivity index (χ1n) is 9.45. The number of ether oxygens (including phenoxy) is 1. The van der Waals surface area contributed by atoms with Crippen LogP contribution in [0.1, 0.15) is 16.1 Å². The van der Waals surface area contributed by atoms with E-state index in [0.29, 0.717) is 30.8 Å². The third-order valence-electron chi connectivity index (χ3n) is 4.94. The van der Waals surface area contributed by atoms with Gasteiger partial charge in [-0.2, -0.15) is 18.3 Å². The Kier molecular flexibility index (Phi) is 5.48. The van der Waals surface area contributed by atoms with Crippen molar-refractivity contribution in [1.82, 2.24) is 24.2 Å². The van der Waals surface area contributed by atoms with Gasteiger partial charge in [0.1, 0.15) is 12.2 Å². The molecule has 1 aliphatic rings. The van der Waals surface area contributed by atoms with Gasteiger partial charge in [-0.25, -0.2) is 4.98 Å². The first kappa shape index (κ1) is 20.4. The van der Waals surface area contributed by atoms with E-state index in [-0.39, 0.29) is 11.6 Å². The molecule has 0 radical (unpaired) electrons. The molecular formula is C19H21F3N6O2. The number of anilines is 1. The SMILES string of the molecule is Cn1nccc1C(=O)Nc1nc2cc(CN3CCOCC3)ccc2n1CC(F)(F)F. The van der Waals surface area contributed by atoms with Gasteiger partial charge in [0.25, 0.3) is 5.91 Å². The van der Waals surface area contributed by atoms with Crippen molar-refractivity contribution < 1.29 is 22.7 Å². The number of hydrogen-bond acceptors (Lipinski definition) is 5. The Balaban J connectivity index is 1.65. The zero-order valence-electron chi connectivity index (χ0n) is 16.3. The van der Waals surface area contributed by atoms with E-state index >= 15 is 0 Å². The van der Waals surface area contributed by atoms with E-state index in [4.69, 9.17) is 4.74 Å². The normalized spacial score (nSPS) is 15.6. The summed E-state index contributed by atoms with van der Waals surface area (Å²) in [4.78, 5) is 19.0. The lowest BCUT2D eigenvalue weighted by Crippen LogP contribution is -2.35. The first-order chi connectivity index (χ1) is 14.3. The van der Waals surface area contributed by atoms with Gasteiger partial charge in [-0.3, -0.25) is 19.7 Å². The third-order valence-corrected chi connectivity index (χ3v) is 4.94. The number of morpholine rings is 1. The molecule has 30 heavy (non-hydrogen) atoms. The number of imidazole rings is 1. The number of amides is 1. The molecule has 0 unspecified atom stereocenters. The lowest BCUT2D eigenvalue weighted by atomic mass is 10.2. The van der Waals surface area contributed by atoms with E-state index in [0.717, 1.165) is 23.2 Å². The fraction of sp³-hybridized carbons (Fsp3) is 0.421. The maximum Gasteiger partial charge on any atom is 0.406 e. The Morgan fingerprint density at radius 1 is 1.23 bits per heavy atom. The second-order valence-corrected chi connectivity index (χ2v) is 7.14. The van der Waals surface area contributed by atoms with Gasteiger partial charge in [0.15, 0.2) is 0 Å². The van der Waals surface area contributed by atoms with E-state index in [2.05, 4.69) is 20.3 Å². The molecule has 1 fully saturated rings. The molecule has 0 spiro atoms. The van der Waals surface area contributed by atoms with Crippen LogP contribution < -0.4 is 5.32 Å². The molecule has 0 bridgehead atoms. The summed E-state index contributed by atoms with van der Waals surface area (Å²) in [5.41, 5.74) is 1.85. The Labute approximate surface area is 170 Å². The summed E-state index contributed by atoms with van der Waals surface area (Å²) in [5.74, 6) is -0.737. The van der Waals surface area contributed by atoms with Crippen LogP contribution in [0.25, 0.3) is 11.0 Å². The highest BCUT2D eigenvalue weighted by Gasteiger charge is 2.31. The molecule has 8 nitrogen and oxygen atoms in total. The number of carbonyl (C=O) groups excluding carboxylic acids is 1. The van der Waals surface area contributed by atoms with Crippen LogP contribution in [0.2, 0.25) is 0 Å². The molecule has 11 heteroatoms. The number of aromatic nitrogens is 4. The Morgan fingerprint density at radius 2 is 2.00 bits per heavy atom. The maximum absolute atomic E-state index is 13.2. The zero-order valence-corrected chi connectivity index (χ0v) is 16.3. The van der Waals surface area contributed by atoms with Crippen molar-refractivity contribution in [1.29, 1.82) is 0 Å². The van der Waals surface area contributed by atoms with Gasteiger partial charge in [-0.15, -0.1) is 0 Å². The van der Waals surface area contributed by atoms with Crippen molar-refractivity contribution in [2.45, 2.75) is 19.3 Å². The number of fused-ring (bicyclic) bond motifs is 1. The summed E-state index contributed by atoms with van der Waals surface area (Å²) in [7, 11) is 1.57. The topological polar surface area (TPSA) is 77.2 Å². The van der Waals surface area contributed by atoms with E-state index in [1.165, 1.54) is 16.9 Å². The first-order valence-corrected chi connectivity index (χ1v) is 9.45. The fourth-order valence-electron chi connectivity index (χ4n) is 3.49. The molecular weight excluding hydrogens is 401 g/mol. The molecule has 3 heterocycles. The van der Waals surface area contributed by atoms with Gasteiger partial charge >= 0.3 is 6.18 Å². The van der Waals surface area contributed by atoms with E-state index in [1.807, 2.05) is 0 Å². The van der Waals surface area contributed by atoms with Gasteiger partial charge in [0, 0.05) is 32.9 Å². The van der Waals surface area contributed by atoms with Gasteiger partial charge < -0.3 is 9.30 Å². The number of nitrogens with zero attached hydrogens (tertiary/aromatic N) is 5. The molecule has 1 saturated heterocycles. The van der Waals surface area contributed by atoms with Crippen LogP contribution in [0.4, 0.5) is 19.1 Å². The van der Waals surface area contributed by atoms with Crippen molar-refractivity contribution in [2.75, 3.05) is 31.6 Å². The smallest absolute Gasteiger partial charge is 0.379 e. The van der Waals surface area contributed by atoms with E-state index < -0.39 is 18.6 Å². The highest BCUT2D eigenvalue weighted by Crippen LogP contribution is 2.27. The van der Waals surface area contributed by atoms with Crippen molar-refractivity contribution in [3.8, 4) is 0 Å². The number of halogens is 3. The van der Waals surface area contributed by atoms with Gasteiger partial charge in [0.2, 0.25) is 5.95 Å². The Hall–Kier alpha value is -2.92. The minimum atomic E-state index is -4.47. The van der Waals surface area contributed by atoms with Gasteiger partial charge in [0.05, 0.1) is 24.2 Å². The van der Waals surface area contributed by atoms with Crippen LogP contribution in [-0.4, -0.2) is 62.6 Å². The standard InChI is InChI=1S/C19H21F3N6O2/c1-26-16(4-5-23-26)17(29)25-18-24-14-10-13(11-27-6-8-30-9-7-27)2-3-15(14)28(18)12-19(20,21)22/h2-5,10H,6-9,11-12H2,1H3,(H,24,25,29). The number of rotatable bonds is 5.